The van der Waals surface area contributed by atoms with Gasteiger partial charge in [-0.05, 0) is 147 Å². The van der Waals surface area contributed by atoms with Crippen LogP contribution in [0.5, 0.6) is 46.0 Å². The van der Waals surface area contributed by atoms with Crippen molar-refractivity contribution in [3.63, 3.8) is 0 Å². The van der Waals surface area contributed by atoms with E-state index < -0.39 is 23.5 Å². The number of fused-ring (bicyclic) bond motifs is 2. The molecule has 0 saturated heterocycles. The zero-order chi connectivity index (χ0) is 55.8. The molecule has 8 aromatic rings. The Morgan fingerprint density at radius 3 is 1.53 bits per heavy atom. The Morgan fingerprint density at radius 1 is 0.577 bits per heavy atom. The number of esters is 1. The van der Waals surface area contributed by atoms with Gasteiger partial charge in [0.25, 0.3) is 5.79 Å². The van der Waals surface area contributed by atoms with Crippen molar-refractivity contribution in [1.29, 1.82) is 0 Å². The molecule has 1 atom stereocenters. The summed E-state index contributed by atoms with van der Waals surface area (Å²) in [6.45, 7) is 7.59. The summed E-state index contributed by atoms with van der Waals surface area (Å²) in [6.07, 6.45) is -0.122. The number of nitrogens with zero attached hydrogens (tertiary/aromatic N) is 4. The van der Waals surface area contributed by atoms with Gasteiger partial charge in [0.1, 0.15) is 33.6 Å². The Morgan fingerprint density at radius 2 is 1.04 bits per heavy atom. The quantitative estimate of drug-likeness (QED) is 0.0411. The van der Waals surface area contributed by atoms with Gasteiger partial charge in [-0.15, -0.1) is 0 Å². The van der Waals surface area contributed by atoms with Crippen LogP contribution in [0.3, 0.4) is 0 Å². The topological polar surface area (TPSA) is 226 Å². The van der Waals surface area contributed by atoms with E-state index in [0.717, 1.165) is 29.0 Å². The molecule has 6 aromatic carbocycles. The maximum atomic E-state index is 13.9. The van der Waals surface area contributed by atoms with E-state index >= 15 is 0 Å². The lowest BCUT2D eigenvalue weighted by Gasteiger charge is -2.26. The molecule has 9 rings (SSSR count). The molecule has 18 nitrogen and oxygen atoms in total. The summed E-state index contributed by atoms with van der Waals surface area (Å²) in [5.41, 5.74) is 6.06. The number of carbonyl (C=O) groups excluding carboxylic acids is 2. The molecule has 78 heavy (non-hydrogen) atoms. The smallest absolute Gasteiger partial charge is 0.342 e. The van der Waals surface area contributed by atoms with E-state index in [0.29, 0.717) is 102 Å². The molecule has 3 heterocycles. The largest absolute Gasteiger partial charge is 0.497 e. The van der Waals surface area contributed by atoms with Gasteiger partial charge in [-0.3, -0.25) is 4.79 Å². The van der Waals surface area contributed by atoms with Crippen LogP contribution in [0.25, 0.3) is 33.2 Å². The van der Waals surface area contributed by atoms with E-state index in [1.165, 1.54) is 21.3 Å². The maximum Gasteiger partial charge on any atom is 0.342 e. The minimum atomic E-state index is -2.03. The predicted molar refractivity (Wildman–Crippen MR) is 295 cm³/mol. The highest BCUT2D eigenvalue weighted by Crippen LogP contribution is 2.47. The van der Waals surface area contributed by atoms with Crippen LogP contribution in [-0.2, 0) is 33.0 Å². The summed E-state index contributed by atoms with van der Waals surface area (Å²) >= 11 is 2.12. The molecule has 0 aliphatic carbocycles. The van der Waals surface area contributed by atoms with Crippen LogP contribution in [-0.4, -0.2) is 100 Å². The molecule has 0 fully saturated rings. The Kier molecular flexibility index (Phi) is 17.2. The van der Waals surface area contributed by atoms with Gasteiger partial charge in [-0.25, -0.2) is 9.59 Å². The van der Waals surface area contributed by atoms with Gasteiger partial charge >= 0.3 is 11.9 Å². The van der Waals surface area contributed by atoms with Crippen LogP contribution in [0.1, 0.15) is 65.9 Å². The van der Waals surface area contributed by atoms with E-state index in [4.69, 9.17) is 42.6 Å². The first-order chi connectivity index (χ1) is 37.5. The van der Waals surface area contributed by atoms with E-state index in [1.807, 2.05) is 27.7 Å². The summed E-state index contributed by atoms with van der Waals surface area (Å²) in [7, 11) is 9.18. The second-order valence-corrected chi connectivity index (χ2v) is 19.2. The number of methoxy groups -OCH3 is 6. The number of allylic oxidation sites excluding steroid dienone is 1. The van der Waals surface area contributed by atoms with Crippen LogP contribution in [0.15, 0.2) is 120 Å². The molecule has 1 aliphatic rings. The summed E-state index contributed by atoms with van der Waals surface area (Å²) in [5.74, 6) is -0.541. The monoisotopic (exact) mass is 1100 g/mol. The number of carboxylic acid groups (broad SMARTS) is 1. The Bertz CT molecular complexity index is 3520. The highest BCUT2D eigenvalue weighted by Gasteiger charge is 2.48. The number of aromatic nitrogens is 4. The average molecular weight is 1100 g/mol. The number of hydrogen-bond acceptors (Lipinski definition) is 19. The number of aliphatic carboxylic acids is 1. The second kappa shape index (κ2) is 24.2. The van der Waals surface area contributed by atoms with Gasteiger partial charge in [-0.1, -0.05) is 12.1 Å². The zero-order valence-corrected chi connectivity index (χ0v) is 46.0. The standard InChI is InChI=1S/2C29H28N2O7S/c1-16(2)37-27-24(35-4)13-17(14-25(27)36-5)12-21-26(18-6-11-22-23(15-18)31-39-30-22)28(32)38-29(21,33)19-7-9-20(34-3)10-8-19;1-16(2)38-28-24(36-4)13-17(14-25(28)37-5)12-21(27(32)18-6-9-20(35-3)10-7-18)26(29(33)34)19-8-11-22-23(15-19)31-39-30-22/h6-11,13-16,33H,12H2,1-5H3;6-11,13-16H,12H2,1-5H3,(H,33,34)/b;26-21+. The number of cyclic esters (lactones) is 1. The van der Waals surface area contributed by atoms with E-state index in [9.17, 15) is 24.6 Å². The molecule has 2 N–H and O–H groups in total. The third-order valence-electron chi connectivity index (χ3n) is 12.4. The SMILES string of the molecule is COc1ccc(C(=O)/C(Cc2cc(OC)c(OC(C)C)c(OC)c2)=C(/C(=O)O)c2ccc3nsnc3c2)cc1.COc1ccc(C2(O)OC(=O)C(c3ccc4nsnc4c3)=C2Cc2cc(OC)c(OC(C)C)c(OC)c2)cc1. The lowest BCUT2D eigenvalue weighted by Crippen LogP contribution is -2.29. The van der Waals surface area contributed by atoms with Crippen molar-refractivity contribution in [2.24, 2.45) is 0 Å². The highest BCUT2D eigenvalue weighted by atomic mass is 32.1. The van der Waals surface area contributed by atoms with Crippen molar-refractivity contribution in [2.75, 3.05) is 42.7 Å². The number of aliphatic hydroxyl groups is 1. The van der Waals surface area contributed by atoms with Crippen LogP contribution in [0, 0.1) is 0 Å². The first kappa shape index (κ1) is 55.6. The minimum absolute atomic E-state index is 0.0193. The fourth-order valence-electron chi connectivity index (χ4n) is 8.78. The summed E-state index contributed by atoms with van der Waals surface area (Å²) < 4.78 is 67.4. The predicted octanol–water partition coefficient (Wildman–Crippen LogP) is 10.4. The van der Waals surface area contributed by atoms with Crippen molar-refractivity contribution >= 4 is 74.4 Å². The molecule has 20 heteroatoms. The molecule has 0 amide bonds. The Hall–Kier alpha value is -8.59. The maximum absolute atomic E-state index is 13.9. The van der Waals surface area contributed by atoms with Gasteiger partial charge in [-0.2, -0.15) is 17.5 Å². The molecule has 0 spiro atoms. The summed E-state index contributed by atoms with van der Waals surface area (Å²) in [5, 5.41) is 22.4. The van der Waals surface area contributed by atoms with Crippen LogP contribution in [0.4, 0.5) is 0 Å². The fraction of sp³-hybridized carbons (Fsp3) is 0.259. The van der Waals surface area contributed by atoms with E-state index in [2.05, 4.69) is 17.5 Å². The minimum Gasteiger partial charge on any atom is -0.497 e. The van der Waals surface area contributed by atoms with Gasteiger partial charge in [0.15, 0.2) is 28.8 Å². The molecule has 0 bridgehead atoms. The number of ether oxygens (including phenoxy) is 9. The summed E-state index contributed by atoms with van der Waals surface area (Å²) in [4.78, 5) is 40.1. The molecule has 2 aromatic heterocycles. The number of hydrogen-bond donors (Lipinski definition) is 2. The number of ketones is 1. The first-order valence-electron chi connectivity index (χ1n) is 24.3. The number of Topliss-reactive ketones (excluding diaryl/α,β-unsaturated/α-hetero) is 1. The number of rotatable bonds is 20. The Labute approximate surface area is 458 Å². The average Bonchev–Trinajstić information content (AvgIpc) is 4.22. The van der Waals surface area contributed by atoms with Crippen molar-refractivity contribution in [2.45, 2.75) is 58.5 Å². The number of carboxylic acids is 1. The number of benzene rings is 6. The lowest BCUT2D eigenvalue weighted by atomic mass is 9.88. The van der Waals surface area contributed by atoms with E-state index in [1.54, 1.807) is 131 Å². The third-order valence-corrected chi connectivity index (χ3v) is 13.5. The molecular formula is C58H56N4O14S2. The third kappa shape index (κ3) is 11.8. The van der Waals surface area contributed by atoms with Crippen molar-refractivity contribution < 1.29 is 67.2 Å². The molecule has 1 aliphatic heterocycles. The lowest BCUT2D eigenvalue weighted by molar-refractivity contribution is -0.185. The van der Waals surface area contributed by atoms with Gasteiger partial charge in [0.2, 0.25) is 11.5 Å². The highest BCUT2D eigenvalue weighted by molar-refractivity contribution is 7.00. The van der Waals surface area contributed by atoms with Crippen molar-refractivity contribution in [3.8, 4) is 46.0 Å². The fourth-order valence-corrected chi connectivity index (χ4v) is 9.81. The van der Waals surface area contributed by atoms with E-state index in [-0.39, 0.29) is 41.8 Å². The van der Waals surface area contributed by atoms with Crippen LogP contribution >= 0.6 is 23.5 Å². The van der Waals surface area contributed by atoms with Gasteiger partial charge in [0.05, 0.1) is 89.5 Å². The van der Waals surface area contributed by atoms with Crippen molar-refractivity contribution in [3.05, 3.63) is 154 Å². The zero-order valence-electron chi connectivity index (χ0n) is 44.4. The second-order valence-electron chi connectivity index (χ2n) is 18.1. The number of carbonyl (C=O) groups is 3. The first-order valence-corrected chi connectivity index (χ1v) is 25.8. The van der Waals surface area contributed by atoms with Gasteiger partial charge < -0.3 is 52.8 Å². The summed E-state index contributed by atoms with van der Waals surface area (Å²) in [6, 6.07) is 30.6. The van der Waals surface area contributed by atoms with Crippen molar-refractivity contribution in [1.82, 2.24) is 17.5 Å². The molecular weight excluding hydrogens is 1040 g/mol. The van der Waals surface area contributed by atoms with Gasteiger partial charge in [0, 0.05) is 35.1 Å². The molecule has 0 saturated carbocycles. The molecule has 0 radical (unpaired) electrons. The molecule has 1 unspecified atom stereocenters. The molecule has 404 valence electrons. The Balaban J connectivity index is 0.000000206. The normalized spacial score (nSPS) is 14.4. The van der Waals surface area contributed by atoms with Crippen LogP contribution in [0.2, 0.25) is 0 Å². The van der Waals surface area contributed by atoms with Crippen LogP contribution < -0.4 is 37.9 Å².